The van der Waals surface area contributed by atoms with E-state index in [2.05, 4.69) is 5.32 Å². The van der Waals surface area contributed by atoms with Crippen LogP contribution in [-0.4, -0.2) is 31.7 Å². The normalized spacial score (nSPS) is 10.6. The third-order valence-corrected chi connectivity index (χ3v) is 5.05. The number of amides is 1. The van der Waals surface area contributed by atoms with Gasteiger partial charge in [0.25, 0.3) is 5.91 Å². The molecule has 0 aliphatic carbocycles. The minimum absolute atomic E-state index is 0.282. The van der Waals surface area contributed by atoms with E-state index in [1.165, 1.54) is 7.11 Å². The van der Waals surface area contributed by atoms with Crippen molar-refractivity contribution in [2.24, 2.45) is 0 Å². The summed E-state index contributed by atoms with van der Waals surface area (Å²) in [7, 11) is 3.09. The van der Waals surface area contributed by atoms with E-state index < -0.39 is 0 Å². The van der Waals surface area contributed by atoms with E-state index >= 15 is 0 Å². The van der Waals surface area contributed by atoms with Crippen molar-refractivity contribution in [2.45, 2.75) is 6.92 Å². The quantitative estimate of drug-likeness (QED) is 0.417. The van der Waals surface area contributed by atoms with Crippen LogP contribution >= 0.6 is 0 Å². The summed E-state index contributed by atoms with van der Waals surface area (Å²) in [5.74, 6) is 1.49. The number of hydrogen-bond acceptors (Lipinski definition) is 5. The molecule has 4 rings (SSSR count). The molecule has 0 unspecified atom stereocenters. The van der Waals surface area contributed by atoms with Gasteiger partial charge in [0.2, 0.25) is 0 Å². The molecule has 162 valence electrons. The van der Waals surface area contributed by atoms with Crippen molar-refractivity contribution < 1.29 is 19.0 Å². The molecule has 0 fully saturated rings. The number of carbonyl (C=O) groups excluding carboxylic acids is 1. The highest BCUT2D eigenvalue weighted by Crippen LogP contribution is 2.32. The van der Waals surface area contributed by atoms with E-state index in [9.17, 15) is 4.79 Å². The van der Waals surface area contributed by atoms with Crippen LogP contribution in [0.15, 0.2) is 72.8 Å². The summed E-state index contributed by atoms with van der Waals surface area (Å²) in [6, 6.07) is 22.5. The number of hydrogen-bond donors (Lipinski definition) is 1. The summed E-state index contributed by atoms with van der Waals surface area (Å²) in [5, 5.41) is 3.76. The molecule has 0 saturated heterocycles. The molecule has 0 aliphatic heterocycles. The number of nitrogens with one attached hydrogen (secondary N) is 1. The van der Waals surface area contributed by atoms with Gasteiger partial charge in [-0.1, -0.05) is 30.3 Å². The Morgan fingerprint density at radius 1 is 0.906 bits per heavy atom. The van der Waals surface area contributed by atoms with Crippen molar-refractivity contribution in [2.75, 3.05) is 26.1 Å². The van der Waals surface area contributed by atoms with Gasteiger partial charge < -0.3 is 19.5 Å². The second-order valence-electron chi connectivity index (χ2n) is 7.06. The van der Waals surface area contributed by atoms with E-state index in [0.717, 1.165) is 27.9 Å². The van der Waals surface area contributed by atoms with Crippen molar-refractivity contribution in [1.82, 2.24) is 4.98 Å². The molecule has 0 radical (unpaired) electrons. The number of pyridine rings is 1. The Morgan fingerprint density at radius 2 is 1.72 bits per heavy atom. The fourth-order valence-electron chi connectivity index (χ4n) is 3.49. The van der Waals surface area contributed by atoms with Crippen LogP contribution in [0.1, 0.15) is 17.3 Å². The van der Waals surface area contributed by atoms with E-state index in [1.807, 2.05) is 61.5 Å². The van der Waals surface area contributed by atoms with Crippen LogP contribution in [0.4, 0.5) is 5.69 Å². The van der Waals surface area contributed by atoms with Crippen LogP contribution in [0.3, 0.4) is 0 Å². The minimum Gasteiger partial charge on any atom is -0.497 e. The maximum atomic E-state index is 12.9. The smallest absolute Gasteiger partial charge is 0.259 e. The Morgan fingerprint density at radius 3 is 2.44 bits per heavy atom. The molecule has 6 nitrogen and oxygen atoms in total. The molecular weight excluding hydrogens is 404 g/mol. The topological polar surface area (TPSA) is 69.7 Å². The first-order chi connectivity index (χ1) is 15.6. The van der Waals surface area contributed by atoms with Crippen molar-refractivity contribution in [1.29, 1.82) is 0 Å². The summed E-state index contributed by atoms with van der Waals surface area (Å²) < 4.78 is 16.5. The lowest BCUT2D eigenvalue weighted by Gasteiger charge is -2.13. The summed E-state index contributed by atoms with van der Waals surface area (Å²) in [4.78, 5) is 17.7. The van der Waals surface area contributed by atoms with Crippen LogP contribution in [0.25, 0.3) is 22.2 Å². The SMILES string of the molecule is CCOc1cc(-c2ccccc2)nc2ccc(NC(=O)c3ccc(OC)cc3OC)cc12. The zero-order valence-corrected chi connectivity index (χ0v) is 18.2. The third-order valence-electron chi connectivity index (χ3n) is 5.05. The molecular formula is C26H24N2O4. The van der Waals surface area contributed by atoms with Gasteiger partial charge in [0, 0.05) is 28.8 Å². The number of anilines is 1. The molecule has 1 N–H and O–H groups in total. The van der Waals surface area contributed by atoms with Gasteiger partial charge in [-0.25, -0.2) is 4.98 Å². The fourth-order valence-corrected chi connectivity index (χ4v) is 3.49. The average Bonchev–Trinajstić information content (AvgIpc) is 2.84. The highest BCUT2D eigenvalue weighted by Gasteiger charge is 2.15. The lowest BCUT2D eigenvalue weighted by molar-refractivity contribution is 0.102. The van der Waals surface area contributed by atoms with Gasteiger partial charge >= 0.3 is 0 Å². The van der Waals surface area contributed by atoms with Gasteiger partial charge in [0.15, 0.2) is 0 Å². The number of ether oxygens (including phenoxy) is 3. The van der Waals surface area contributed by atoms with Gasteiger partial charge in [-0.3, -0.25) is 4.79 Å². The maximum Gasteiger partial charge on any atom is 0.259 e. The molecule has 3 aromatic carbocycles. The molecule has 0 bridgehead atoms. The van der Waals surface area contributed by atoms with Crippen molar-refractivity contribution in [3.8, 4) is 28.5 Å². The van der Waals surface area contributed by atoms with E-state index in [1.54, 1.807) is 25.3 Å². The lowest BCUT2D eigenvalue weighted by atomic mass is 10.1. The Kier molecular flexibility index (Phi) is 6.22. The second kappa shape index (κ2) is 9.39. The monoisotopic (exact) mass is 428 g/mol. The standard InChI is InChI=1S/C26H24N2O4/c1-4-32-25-16-23(17-8-6-5-7-9-17)28-22-13-10-18(14-21(22)25)27-26(29)20-12-11-19(30-2)15-24(20)31-3/h5-16H,4H2,1-3H3,(H,27,29). The minimum atomic E-state index is -0.282. The lowest BCUT2D eigenvalue weighted by Crippen LogP contribution is -2.13. The molecule has 0 aliphatic rings. The van der Waals surface area contributed by atoms with Crippen LogP contribution in [-0.2, 0) is 0 Å². The van der Waals surface area contributed by atoms with Gasteiger partial charge in [-0.2, -0.15) is 0 Å². The zero-order valence-electron chi connectivity index (χ0n) is 18.2. The fraction of sp³-hybridized carbons (Fsp3) is 0.154. The third kappa shape index (κ3) is 4.34. The molecule has 6 heteroatoms. The van der Waals surface area contributed by atoms with Crippen LogP contribution in [0.5, 0.6) is 17.2 Å². The predicted molar refractivity (Wildman–Crippen MR) is 126 cm³/mol. The molecule has 4 aromatic rings. The molecule has 1 aromatic heterocycles. The Bertz CT molecular complexity index is 1260. The first-order valence-electron chi connectivity index (χ1n) is 10.3. The van der Waals surface area contributed by atoms with Gasteiger partial charge in [0.1, 0.15) is 17.2 Å². The molecule has 0 atom stereocenters. The molecule has 1 heterocycles. The predicted octanol–water partition coefficient (Wildman–Crippen LogP) is 5.57. The number of rotatable bonds is 7. The van der Waals surface area contributed by atoms with Crippen molar-refractivity contribution in [3.63, 3.8) is 0 Å². The number of carbonyl (C=O) groups is 1. The van der Waals surface area contributed by atoms with Crippen molar-refractivity contribution in [3.05, 3.63) is 78.4 Å². The van der Waals surface area contributed by atoms with Gasteiger partial charge in [-0.15, -0.1) is 0 Å². The largest absolute Gasteiger partial charge is 0.497 e. The molecule has 32 heavy (non-hydrogen) atoms. The summed E-state index contributed by atoms with van der Waals surface area (Å²) >= 11 is 0. The Hall–Kier alpha value is -4.06. The van der Waals surface area contributed by atoms with E-state index in [4.69, 9.17) is 19.2 Å². The first-order valence-corrected chi connectivity index (χ1v) is 10.3. The summed E-state index contributed by atoms with van der Waals surface area (Å²) in [6.45, 7) is 2.46. The number of aromatic nitrogens is 1. The van der Waals surface area contributed by atoms with Gasteiger partial charge in [-0.05, 0) is 37.3 Å². The Labute approximate surface area is 186 Å². The number of nitrogens with zero attached hydrogens (tertiary/aromatic N) is 1. The summed E-state index contributed by atoms with van der Waals surface area (Å²) in [5.41, 5.74) is 3.68. The summed E-state index contributed by atoms with van der Waals surface area (Å²) in [6.07, 6.45) is 0. The van der Waals surface area contributed by atoms with Crippen LogP contribution in [0.2, 0.25) is 0 Å². The Balaban J connectivity index is 1.69. The van der Waals surface area contributed by atoms with Crippen LogP contribution in [0, 0.1) is 0 Å². The zero-order chi connectivity index (χ0) is 22.5. The van der Waals surface area contributed by atoms with Crippen LogP contribution < -0.4 is 19.5 Å². The second-order valence-corrected chi connectivity index (χ2v) is 7.06. The molecule has 0 saturated carbocycles. The van der Waals surface area contributed by atoms with Crippen molar-refractivity contribution >= 4 is 22.5 Å². The number of fused-ring (bicyclic) bond motifs is 1. The van der Waals surface area contributed by atoms with E-state index in [-0.39, 0.29) is 5.91 Å². The first kappa shape index (κ1) is 21.2. The van der Waals surface area contributed by atoms with E-state index in [0.29, 0.717) is 29.4 Å². The maximum absolute atomic E-state index is 12.9. The van der Waals surface area contributed by atoms with Gasteiger partial charge in [0.05, 0.1) is 37.6 Å². The average molecular weight is 428 g/mol. The molecule has 1 amide bonds. The molecule has 0 spiro atoms. The highest BCUT2D eigenvalue weighted by atomic mass is 16.5. The number of methoxy groups -OCH3 is 2. The highest BCUT2D eigenvalue weighted by molar-refractivity contribution is 6.07. The number of benzene rings is 3.